The smallest absolute Gasteiger partial charge is 0.254 e. The minimum atomic E-state index is -0.00200. The van der Waals surface area contributed by atoms with Gasteiger partial charge in [-0.2, -0.15) is 0 Å². The van der Waals surface area contributed by atoms with E-state index in [1.807, 2.05) is 4.90 Å². The topological polar surface area (TPSA) is 54.9 Å². The van der Waals surface area contributed by atoms with E-state index in [9.17, 15) is 4.79 Å². The third-order valence-corrected chi connectivity index (χ3v) is 6.62. The van der Waals surface area contributed by atoms with Gasteiger partial charge in [-0.25, -0.2) is 4.98 Å². The van der Waals surface area contributed by atoms with Crippen molar-refractivity contribution in [1.82, 2.24) is 9.88 Å². The highest BCUT2D eigenvalue weighted by Crippen LogP contribution is 2.33. The number of ether oxygens (including phenoxy) is 2. The highest BCUT2D eigenvalue weighted by atomic mass is 32.1. The van der Waals surface area contributed by atoms with Crippen molar-refractivity contribution < 1.29 is 14.3 Å². The van der Waals surface area contributed by atoms with Crippen LogP contribution in [0.5, 0.6) is 11.5 Å². The number of hydrogen-bond acceptors (Lipinski definition) is 6. The average molecular weight is 412 g/mol. The van der Waals surface area contributed by atoms with E-state index in [2.05, 4.69) is 30.9 Å². The second kappa shape index (κ2) is 7.91. The molecule has 1 amide bonds. The van der Waals surface area contributed by atoms with Crippen LogP contribution < -0.4 is 14.4 Å². The number of thiazole rings is 1. The number of anilines is 1. The Kier molecular flexibility index (Phi) is 5.32. The van der Waals surface area contributed by atoms with Crippen molar-refractivity contribution in [3.63, 3.8) is 0 Å². The number of carbonyl (C=O) groups is 1. The SMILES string of the molecule is COc1cc(OC)cc(C(=O)N2CCN(c3nc4c(C)ccc(C)c4s3)CC2)c1. The summed E-state index contributed by atoms with van der Waals surface area (Å²) in [7, 11) is 3.17. The first-order valence-corrected chi connectivity index (χ1v) is 10.5. The van der Waals surface area contributed by atoms with E-state index in [1.54, 1.807) is 43.8 Å². The quantitative estimate of drug-likeness (QED) is 0.652. The second-order valence-electron chi connectivity index (χ2n) is 7.25. The molecule has 1 saturated heterocycles. The van der Waals surface area contributed by atoms with Gasteiger partial charge in [0, 0.05) is 37.8 Å². The monoisotopic (exact) mass is 411 g/mol. The summed E-state index contributed by atoms with van der Waals surface area (Å²) < 4.78 is 11.8. The molecule has 4 rings (SSSR count). The Hall–Kier alpha value is -2.80. The molecule has 1 fully saturated rings. The van der Waals surface area contributed by atoms with Gasteiger partial charge in [0.2, 0.25) is 0 Å². The molecule has 1 aromatic heterocycles. The molecule has 0 atom stereocenters. The average Bonchev–Trinajstić information content (AvgIpc) is 3.22. The lowest BCUT2D eigenvalue weighted by Gasteiger charge is -2.34. The van der Waals surface area contributed by atoms with E-state index in [1.165, 1.54) is 15.8 Å². The van der Waals surface area contributed by atoms with Crippen molar-refractivity contribution in [2.75, 3.05) is 45.3 Å². The Morgan fingerprint density at radius 3 is 2.17 bits per heavy atom. The number of amides is 1. The molecule has 0 unspecified atom stereocenters. The molecule has 0 radical (unpaired) electrons. The molecule has 6 nitrogen and oxygen atoms in total. The van der Waals surface area contributed by atoms with Gasteiger partial charge in [-0.05, 0) is 37.1 Å². The van der Waals surface area contributed by atoms with Gasteiger partial charge < -0.3 is 19.3 Å². The van der Waals surface area contributed by atoms with Gasteiger partial charge in [-0.15, -0.1) is 0 Å². The van der Waals surface area contributed by atoms with Gasteiger partial charge in [0.05, 0.1) is 24.4 Å². The minimum absolute atomic E-state index is 0.00200. The summed E-state index contributed by atoms with van der Waals surface area (Å²) in [5.74, 6) is 1.23. The molecule has 7 heteroatoms. The lowest BCUT2D eigenvalue weighted by Crippen LogP contribution is -2.48. The number of hydrogen-bond donors (Lipinski definition) is 0. The number of methoxy groups -OCH3 is 2. The van der Waals surface area contributed by atoms with Crippen LogP contribution in [0.15, 0.2) is 30.3 Å². The van der Waals surface area contributed by atoms with Crippen LogP contribution in [0.3, 0.4) is 0 Å². The molecule has 1 aliphatic heterocycles. The summed E-state index contributed by atoms with van der Waals surface area (Å²) in [5, 5.41) is 1.03. The number of fused-ring (bicyclic) bond motifs is 1. The van der Waals surface area contributed by atoms with Crippen LogP contribution in [0.25, 0.3) is 10.2 Å². The second-order valence-corrected chi connectivity index (χ2v) is 8.23. The fourth-order valence-corrected chi connectivity index (χ4v) is 4.76. The highest BCUT2D eigenvalue weighted by Gasteiger charge is 2.25. The van der Waals surface area contributed by atoms with E-state index < -0.39 is 0 Å². The number of carbonyl (C=O) groups excluding carboxylic acids is 1. The van der Waals surface area contributed by atoms with E-state index in [0.717, 1.165) is 23.7 Å². The zero-order chi connectivity index (χ0) is 20.5. The van der Waals surface area contributed by atoms with Crippen molar-refractivity contribution >= 4 is 32.6 Å². The predicted octanol–water partition coefficient (Wildman–Crippen LogP) is 3.89. The van der Waals surface area contributed by atoms with Crippen LogP contribution in [0.2, 0.25) is 0 Å². The molecule has 0 saturated carbocycles. The Bertz CT molecular complexity index is 994. The fraction of sp³-hybridized carbons (Fsp3) is 0.364. The van der Waals surface area contributed by atoms with Crippen LogP contribution in [0, 0.1) is 13.8 Å². The van der Waals surface area contributed by atoms with E-state index in [-0.39, 0.29) is 5.91 Å². The first kappa shape index (κ1) is 19.5. The van der Waals surface area contributed by atoms with Crippen molar-refractivity contribution in [2.45, 2.75) is 13.8 Å². The molecule has 0 aliphatic carbocycles. The van der Waals surface area contributed by atoms with Gasteiger partial charge >= 0.3 is 0 Å². The number of piperazine rings is 1. The van der Waals surface area contributed by atoms with Crippen LogP contribution in [0.1, 0.15) is 21.5 Å². The van der Waals surface area contributed by atoms with E-state index in [0.29, 0.717) is 30.2 Å². The number of rotatable bonds is 4. The zero-order valence-electron chi connectivity index (χ0n) is 17.2. The van der Waals surface area contributed by atoms with Crippen LogP contribution in [-0.2, 0) is 0 Å². The largest absolute Gasteiger partial charge is 0.497 e. The summed E-state index contributed by atoms with van der Waals surface area (Å²) in [5.41, 5.74) is 4.14. The number of aromatic nitrogens is 1. The van der Waals surface area contributed by atoms with Gasteiger partial charge in [0.25, 0.3) is 5.91 Å². The third-order valence-electron chi connectivity index (χ3n) is 5.37. The summed E-state index contributed by atoms with van der Waals surface area (Å²) in [6, 6.07) is 9.57. The molecule has 1 aliphatic rings. The molecule has 2 heterocycles. The molecular formula is C22H25N3O3S. The lowest BCUT2D eigenvalue weighted by molar-refractivity contribution is 0.0746. The molecule has 0 N–H and O–H groups in total. The zero-order valence-corrected chi connectivity index (χ0v) is 18.0. The van der Waals surface area contributed by atoms with Crippen LogP contribution in [-0.4, -0.2) is 56.2 Å². The van der Waals surface area contributed by atoms with Crippen molar-refractivity contribution in [1.29, 1.82) is 0 Å². The van der Waals surface area contributed by atoms with Gasteiger partial charge in [0.15, 0.2) is 5.13 Å². The maximum absolute atomic E-state index is 13.0. The first-order valence-electron chi connectivity index (χ1n) is 9.64. The summed E-state index contributed by atoms with van der Waals surface area (Å²) in [4.78, 5) is 22.0. The third kappa shape index (κ3) is 3.74. The summed E-state index contributed by atoms with van der Waals surface area (Å²) >= 11 is 1.74. The number of nitrogens with zero attached hydrogens (tertiary/aromatic N) is 3. The maximum Gasteiger partial charge on any atom is 0.254 e. The first-order chi connectivity index (χ1) is 14.0. The molecule has 29 heavy (non-hydrogen) atoms. The normalized spacial score (nSPS) is 14.3. The van der Waals surface area contributed by atoms with E-state index in [4.69, 9.17) is 14.5 Å². The standard InChI is InChI=1S/C22H25N3O3S/c1-14-5-6-15(2)20-19(14)23-22(29-20)25-9-7-24(8-10-25)21(26)16-11-17(27-3)13-18(12-16)28-4/h5-6,11-13H,7-10H2,1-4H3. The van der Waals surface area contributed by atoms with E-state index >= 15 is 0 Å². The number of aryl methyl sites for hydroxylation is 2. The summed E-state index contributed by atoms with van der Waals surface area (Å²) in [6.07, 6.45) is 0. The Labute approximate surface area is 174 Å². The molecule has 0 bridgehead atoms. The van der Waals surface area contributed by atoms with Crippen LogP contribution >= 0.6 is 11.3 Å². The van der Waals surface area contributed by atoms with Gasteiger partial charge in [-0.1, -0.05) is 23.5 Å². The Balaban J connectivity index is 1.49. The minimum Gasteiger partial charge on any atom is -0.497 e. The van der Waals surface area contributed by atoms with Crippen LogP contribution in [0.4, 0.5) is 5.13 Å². The molecule has 152 valence electrons. The highest BCUT2D eigenvalue weighted by molar-refractivity contribution is 7.22. The Morgan fingerprint density at radius 2 is 1.59 bits per heavy atom. The maximum atomic E-state index is 13.0. The molecule has 2 aromatic carbocycles. The lowest BCUT2D eigenvalue weighted by atomic mass is 10.1. The molecule has 3 aromatic rings. The van der Waals surface area contributed by atoms with Crippen molar-refractivity contribution in [3.05, 3.63) is 47.0 Å². The van der Waals surface area contributed by atoms with Crippen molar-refractivity contribution in [3.8, 4) is 11.5 Å². The predicted molar refractivity (Wildman–Crippen MR) is 117 cm³/mol. The molecular weight excluding hydrogens is 386 g/mol. The van der Waals surface area contributed by atoms with Crippen molar-refractivity contribution in [2.24, 2.45) is 0 Å². The van der Waals surface area contributed by atoms with Gasteiger partial charge in [-0.3, -0.25) is 4.79 Å². The number of benzene rings is 2. The fourth-order valence-electron chi connectivity index (χ4n) is 3.60. The van der Waals surface area contributed by atoms with Gasteiger partial charge in [0.1, 0.15) is 11.5 Å². The molecule has 0 spiro atoms. The summed E-state index contributed by atoms with van der Waals surface area (Å²) in [6.45, 7) is 7.08. The Morgan fingerprint density at radius 1 is 0.966 bits per heavy atom.